The fourth-order valence-electron chi connectivity index (χ4n) is 2.78. The van der Waals surface area contributed by atoms with Gasteiger partial charge in [-0.2, -0.15) is 0 Å². The number of rotatable bonds is 2. The van der Waals surface area contributed by atoms with Crippen molar-refractivity contribution < 1.29 is 13.6 Å². The smallest absolute Gasteiger partial charge is 0.267 e. The summed E-state index contributed by atoms with van der Waals surface area (Å²) < 4.78 is 29.5. The van der Waals surface area contributed by atoms with Crippen LogP contribution < -0.4 is 0 Å². The van der Waals surface area contributed by atoms with Gasteiger partial charge >= 0.3 is 0 Å². The van der Waals surface area contributed by atoms with Crippen LogP contribution in [-0.2, 0) is 6.54 Å². The van der Waals surface area contributed by atoms with Crippen LogP contribution in [-0.4, -0.2) is 34.4 Å². The summed E-state index contributed by atoms with van der Waals surface area (Å²) in [6.07, 6.45) is 1.51. The minimum Gasteiger partial charge on any atom is -0.347 e. The normalized spacial score (nSPS) is 17.6. The second-order valence-corrected chi connectivity index (χ2v) is 6.24. The van der Waals surface area contributed by atoms with Gasteiger partial charge in [0, 0.05) is 41.1 Å². The predicted octanol–water partition coefficient (Wildman–Crippen LogP) is 3.90. The number of aryl methyl sites for hydroxylation is 1. The van der Waals surface area contributed by atoms with Crippen LogP contribution in [0.2, 0.25) is 0 Å². The molecule has 2 aromatic rings. The molecule has 1 fully saturated rings. The molecule has 0 N–H and O–H groups in total. The van der Waals surface area contributed by atoms with Gasteiger partial charge in [0.05, 0.1) is 12.1 Å². The monoisotopic (exact) mass is 356 g/mol. The highest BCUT2D eigenvalue weighted by atomic mass is 79.9. The second kappa shape index (κ2) is 5.09. The number of hydrogen-bond donors (Lipinski definition) is 0. The van der Waals surface area contributed by atoms with E-state index in [1.54, 1.807) is 6.20 Å². The molecule has 3 nitrogen and oxygen atoms in total. The summed E-state index contributed by atoms with van der Waals surface area (Å²) in [6, 6.07) is 5.65. The zero-order valence-corrected chi connectivity index (χ0v) is 13.2. The quantitative estimate of drug-likeness (QED) is 0.800. The largest absolute Gasteiger partial charge is 0.347 e. The second-order valence-electron chi connectivity index (χ2n) is 5.32. The minimum absolute atomic E-state index is 0.112. The molecule has 0 saturated carbocycles. The lowest BCUT2D eigenvalue weighted by Gasteiger charge is -2.15. The van der Waals surface area contributed by atoms with Gasteiger partial charge in [0.15, 0.2) is 0 Å². The van der Waals surface area contributed by atoms with E-state index in [1.165, 1.54) is 4.90 Å². The molecule has 112 valence electrons. The van der Waals surface area contributed by atoms with Gasteiger partial charge < -0.3 is 9.47 Å². The minimum atomic E-state index is -2.76. The lowest BCUT2D eigenvalue weighted by Crippen LogP contribution is -2.31. The number of hydrogen-bond acceptors (Lipinski definition) is 1. The topological polar surface area (TPSA) is 25.2 Å². The molecule has 0 aliphatic carbocycles. The molecule has 21 heavy (non-hydrogen) atoms. The predicted molar refractivity (Wildman–Crippen MR) is 80.8 cm³/mol. The number of fused-ring (bicyclic) bond motifs is 1. The lowest BCUT2D eigenvalue weighted by atomic mass is 10.1. The fraction of sp³-hybridized carbons (Fsp3) is 0.400. The Balaban J connectivity index is 2.03. The molecule has 0 unspecified atom stereocenters. The van der Waals surface area contributed by atoms with Crippen molar-refractivity contribution >= 4 is 32.7 Å². The Morgan fingerprint density at radius 2 is 2.19 bits per heavy atom. The van der Waals surface area contributed by atoms with E-state index < -0.39 is 12.5 Å². The number of carbonyl (C=O) groups is 1. The highest BCUT2D eigenvalue weighted by molar-refractivity contribution is 9.10. The van der Waals surface area contributed by atoms with Crippen LogP contribution >= 0.6 is 15.9 Å². The summed E-state index contributed by atoms with van der Waals surface area (Å²) in [7, 11) is 0. The van der Waals surface area contributed by atoms with Crippen molar-refractivity contribution in [3.63, 3.8) is 0 Å². The van der Waals surface area contributed by atoms with E-state index in [0.717, 1.165) is 21.9 Å². The molecule has 1 amide bonds. The Kier molecular flexibility index (Phi) is 3.51. The molecule has 0 spiro atoms. The van der Waals surface area contributed by atoms with E-state index in [-0.39, 0.29) is 18.9 Å². The summed E-state index contributed by atoms with van der Waals surface area (Å²) >= 11 is 3.42. The van der Waals surface area contributed by atoms with Gasteiger partial charge in [-0.1, -0.05) is 22.0 Å². The number of aromatic nitrogens is 1. The van der Waals surface area contributed by atoms with E-state index >= 15 is 0 Å². The third kappa shape index (κ3) is 2.57. The fourth-order valence-corrected chi connectivity index (χ4v) is 3.13. The van der Waals surface area contributed by atoms with E-state index in [4.69, 9.17) is 0 Å². The third-order valence-electron chi connectivity index (χ3n) is 3.87. The number of halogens is 3. The van der Waals surface area contributed by atoms with E-state index in [9.17, 15) is 13.6 Å². The van der Waals surface area contributed by atoms with Crippen molar-refractivity contribution in [2.24, 2.45) is 0 Å². The zero-order valence-electron chi connectivity index (χ0n) is 11.6. The van der Waals surface area contributed by atoms with Crippen molar-refractivity contribution in [3.8, 4) is 0 Å². The molecule has 2 heterocycles. The standard InChI is InChI=1S/C15H15BrF2N2O/c1-2-19-8-12(11-4-3-10(16)7-13(11)19)14(21)20-6-5-15(17,18)9-20/h3-4,7-8H,2,5-6,9H2,1H3. The van der Waals surface area contributed by atoms with Crippen LogP contribution in [0.3, 0.4) is 0 Å². The Morgan fingerprint density at radius 1 is 1.43 bits per heavy atom. The molecule has 1 aromatic carbocycles. The Hall–Kier alpha value is -1.43. The van der Waals surface area contributed by atoms with Crippen molar-refractivity contribution in [1.82, 2.24) is 9.47 Å². The van der Waals surface area contributed by atoms with Gasteiger partial charge in [0.25, 0.3) is 11.8 Å². The van der Waals surface area contributed by atoms with E-state index in [0.29, 0.717) is 5.56 Å². The molecule has 1 aliphatic rings. The number of benzene rings is 1. The van der Waals surface area contributed by atoms with Crippen LogP contribution in [0.5, 0.6) is 0 Å². The SMILES string of the molecule is CCn1cc(C(=O)N2CCC(F)(F)C2)c2ccc(Br)cc21. The summed E-state index contributed by atoms with van der Waals surface area (Å²) in [5.74, 6) is -3.08. The van der Waals surface area contributed by atoms with Crippen LogP contribution in [0.4, 0.5) is 8.78 Å². The Labute approximate surface area is 129 Å². The van der Waals surface area contributed by atoms with Crippen LogP contribution in [0, 0.1) is 0 Å². The third-order valence-corrected chi connectivity index (χ3v) is 4.37. The molecule has 0 radical (unpaired) electrons. The number of amides is 1. The maximum Gasteiger partial charge on any atom is 0.267 e. The first-order valence-corrected chi connectivity index (χ1v) is 7.66. The molecule has 1 saturated heterocycles. The van der Waals surface area contributed by atoms with Gasteiger partial charge in [-0.25, -0.2) is 8.78 Å². The van der Waals surface area contributed by atoms with Crippen molar-refractivity contribution in [3.05, 3.63) is 34.4 Å². The average molecular weight is 357 g/mol. The molecule has 3 rings (SSSR count). The summed E-state index contributed by atoms with van der Waals surface area (Å²) in [4.78, 5) is 13.8. The molecular weight excluding hydrogens is 342 g/mol. The Morgan fingerprint density at radius 3 is 2.81 bits per heavy atom. The molecule has 1 aromatic heterocycles. The highest BCUT2D eigenvalue weighted by Gasteiger charge is 2.40. The molecule has 6 heteroatoms. The Bertz CT molecular complexity index is 711. The molecule has 1 aliphatic heterocycles. The van der Waals surface area contributed by atoms with Gasteiger partial charge in [-0.3, -0.25) is 4.79 Å². The number of nitrogens with zero attached hydrogens (tertiary/aromatic N) is 2. The first kappa shape index (κ1) is 14.5. The first-order chi connectivity index (χ1) is 9.91. The van der Waals surface area contributed by atoms with Gasteiger partial charge in [0.2, 0.25) is 0 Å². The highest BCUT2D eigenvalue weighted by Crippen LogP contribution is 2.31. The zero-order chi connectivity index (χ0) is 15.2. The lowest BCUT2D eigenvalue weighted by molar-refractivity contribution is 0.0120. The van der Waals surface area contributed by atoms with Gasteiger partial charge in [-0.15, -0.1) is 0 Å². The van der Waals surface area contributed by atoms with Crippen LogP contribution in [0.1, 0.15) is 23.7 Å². The van der Waals surface area contributed by atoms with Crippen molar-refractivity contribution in [1.29, 1.82) is 0 Å². The summed E-state index contributed by atoms with van der Waals surface area (Å²) in [5.41, 5.74) is 1.43. The number of likely N-dealkylation sites (tertiary alicyclic amines) is 1. The average Bonchev–Trinajstić information content (AvgIpc) is 2.98. The first-order valence-electron chi connectivity index (χ1n) is 6.87. The molecular formula is C15H15BrF2N2O. The van der Waals surface area contributed by atoms with Crippen LogP contribution in [0.15, 0.2) is 28.9 Å². The molecule has 0 atom stereocenters. The van der Waals surface area contributed by atoms with Gasteiger partial charge in [-0.05, 0) is 19.1 Å². The van der Waals surface area contributed by atoms with Crippen molar-refractivity contribution in [2.45, 2.75) is 25.8 Å². The maximum atomic E-state index is 13.3. The van der Waals surface area contributed by atoms with E-state index in [1.807, 2.05) is 29.7 Å². The number of alkyl halides is 2. The van der Waals surface area contributed by atoms with E-state index in [2.05, 4.69) is 15.9 Å². The summed E-state index contributed by atoms with van der Waals surface area (Å²) in [5, 5.41) is 0.806. The van der Waals surface area contributed by atoms with Crippen molar-refractivity contribution in [2.75, 3.05) is 13.1 Å². The maximum absolute atomic E-state index is 13.3. The molecule has 0 bridgehead atoms. The number of carbonyl (C=O) groups excluding carboxylic acids is 1. The summed E-state index contributed by atoms with van der Waals surface area (Å²) in [6.45, 7) is 2.33. The van der Waals surface area contributed by atoms with Crippen LogP contribution in [0.25, 0.3) is 10.9 Å². The van der Waals surface area contributed by atoms with Gasteiger partial charge in [0.1, 0.15) is 0 Å².